The first kappa shape index (κ1) is 17.1. The molecule has 2 aromatic rings. The summed E-state index contributed by atoms with van der Waals surface area (Å²) in [6.07, 6.45) is 7.14. The second-order valence-corrected chi connectivity index (χ2v) is 7.69. The molecule has 3 rings (SSSR count). The smallest absolute Gasteiger partial charge is 0.222 e. The third-order valence-corrected chi connectivity index (χ3v) is 5.66. The fraction of sp³-hybridized carbons (Fsp3) is 0.526. The number of carbonyl (C=O) groups is 1. The van der Waals surface area contributed by atoms with Crippen molar-refractivity contribution in [1.82, 2.24) is 14.9 Å². The monoisotopic (exact) mass is 343 g/mol. The highest BCUT2D eigenvalue weighted by atomic mass is 32.1. The van der Waals surface area contributed by atoms with Crippen molar-refractivity contribution in [1.29, 1.82) is 0 Å². The molecule has 2 aromatic heterocycles. The van der Waals surface area contributed by atoms with Crippen molar-refractivity contribution >= 4 is 17.2 Å². The summed E-state index contributed by atoms with van der Waals surface area (Å²) in [5, 5.41) is 3.37. The molecule has 0 aliphatic carbocycles. The molecule has 1 aliphatic rings. The second-order valence-electron chi connectivity index (χ2n) is 6.80. The Labute approximate surface area is 147 Å². The zero-order valence-electron chi connectivity index (χ0n) is 14.4. The molecule has 0 saturated carbocycles. The molecule has 5 heteroatoms. The van der Waals surface area contributed by atoms with Crippen molar-refractivity contribution in [3.63, 3.8) is 0 Å². The van der Waals surface area contributed by atoms with Crippen LogP contribution in [-0.2, 0) is 11.2 Å². The molecule has 0 radical (unpaired) electrons. The largest absolute Gasteiger partial charge is 0.342 e. The van der Waals surface area contributed by atoms with E-state index in [1.54, 1.807) is 23.7 Å². The van der Waals surface area contributed by atoms with Crippen LogP contribution < -0.4 is 0 Å². The Morgan fingerprint density at radius 2 is 2.17 bits per heavy atom. The number of rotatable bonds is 5. The number of pyridine rings is 1. The number of nitrogens with zero attached hydrogens (tertiary/aromatic N) is 3. The lowest BCUT2D eigenvalue weighted by Gasteiger charge is -2.32. The van der Waals surface area contributed by atoms with Crippen LogP contribution in [-0.4, -0.2) is 33.9 Å². The minimum atomic E-state index is 0.261. The normalized spacial score (nSPS) is 18.1. The first-order chi connectivity index (χ1) is 11.6. The van der Waals surface area contributed by atoms with Crippen LogP contribution in [0, 0.1) is 0 Å². The lowest BCUT2D eigenvalue weighted by molar-refractivity contribution is -0.132. The Morgan fingerprint density at radius 1 is 1.38 bits per heavy atom. The van der Waals surface area contributed by atoms with Gasteiger partial charge in [0.2, 0.25) is 5.91 Å². The summed E-state index contributed by atoms with van der Waals surface area (Å²) in [7, 11) is 0. The molecule has 1 amide bonds. The predicted molar refractivity (Wildman–Crippen MR) is 97.3 cm³/mol. The van der Waals surface area contributed by atoms with E-state index >= 15 is 0 Å². The molecule has 4 nitrogen and oxygen atoms in total. The molecular formula is C19H25N3OS. The van der Waals surface area contributed by atoms with Crippen LogP contribution >= 0.6 is 11.3 Å². The Hall–Kier alpha value is -1.75. The van der Waals surface area contributed by atoms with Gasteiger partial charge in [0.25, 0.3) is 0 Å². The van der Waals surface area contributed by atoms with Crippen LogP contribution in [0.15, 0.2) is 29.9 Å². The van der Waals surface area contributed by atoms with Gasteiger partial charge in [-0.25, -0.2) is 4.98 Å². The van der Waals surface area contributed by atoms with Gasteiger partial charge in [0.05, 0.1) is 10.7 Å². The molecule has 0 bridgehead atoms. The van der Waals surface area contributed by atoms with E-state index in [1.807, 2.05) is 17.0 Å². The molecule has 1 atom stereocenters. The van der Waals surface area contributed by atoms with Gasteiger partial charge in [-0.1, -0.05) is 13.8 Å². The summed E-state index contributed by atoms with van der Waals surface area (Å²) in [5.41, 5.74) is 2.35. The van der Waals surface area contributed by atoms with Crippen molar-refractivity contribution in [3.05, 3.63) is 46.2 Å². The van der Waals surface area contributed by atoms with Crippen molar-refractivity contribution < 1.29 is 4.79 Å². The standard InChI is InChI=1S/C19H25N3OS/c1-14(2)17-13-24-19(21-17)16-4-3-11-22(12-16)18(23)6-5-15-7-9-20-10-8-15/h7-10,13-14,16H,3-6,11-12H2,1-2H3. The number of likely N-dealkylation sites (tertiary alicyclic amines) is 1. The summed E-state index contributed by atoms with van der Waals surface area (Å²) in [6, 6.07) is 3.96. The predicted octanol–water partition coefficient (Wildman–Crippen LogP) is 4.00. The van der Waals surface area contributed by atoms with Crippen molar-refractivity contribution in [2.75, 3.05) is 13.1 Å². The molecule has 3 heterocycles. The van der Waals surface area contributed by atoms with Crippen LogP contribution in [0.2, 0.25) is 0 Å². The van der Waals surface area contributed by atoms with E-state index in [4.69, 9.17) is 4.98 Å². The van der Waals surface area contributed by atoms with Crippen molar-refractivity contribution in [3.8, 4) is 0 Å². The number of piperidine rings is 1. The third kappa shape index (κ3) is 4.20. The Balaban J connectivity index is 1.57. The molecule has 0 aromatic carbocycles. The number of hydrogen-bond acceptors (Lipinski definition) is 4. The molecular weight excluding hydrogens is 318 g/mol. The van der Waals surface area contributed by atoms with Gasteiger partial charge >= 0.3 is 0 Å². The average molecular weight is 343 g/mol. The zero-order chi connectivity index (χ0) is 16.9. The summed E-state index contributed by atoms with van der Waals surface area (Å²) >= 11 is 1.75. The fourth-order valence-electron chi connectivity index (χ4n) is 3.12. The van der Waals surface area contributed by atoms with Gasteiger partial charge in [0, 0.05) is 43.2 Å². The van der Waals surface area contributed by atoms with E-state index in [0.717, 1.165) is 32.4 Å². The minimum Gasteiger partial charge on any atom is -0.342 e. The van der Waals surface area contributed by atoms with Gasteiger partial charge in [-0.05, 0) is 42.9 Å². The topological polar surface area (TPSA) is 46.1 Å². The maximum Gasteiger partial charge on any atom is 0.222 e. The van der Waals surface area contributed by atoms with Gasteiger partial charge in [-0.3, -0.25) is 9.78 Å². The van der Waals surface area contributed by atoms with E-state index < -0.39 is 0 Å². The van der Waals surface area contributed by atoms with E-state index in [2.05, 4.69) is 24.2 Å². The maximum atomic E-state index is 12.6. The van der Waals surface area contributed by atoms with Gasteiger partial charge < -0.3 is 4.90 Å². The van der Waals surface area contributed by atoms with Crippen LogP contribution in [0.5, 0.6) is 0 Å². The molecule has 1 aliphatic heterocycles. The average Bonchev–Trinajstić information content (AvgIpc) is 3.11. The number of amides is 1. The zero-order valence-corrected chi connectivity index (χ0v) is 15.3. The van der Waals surface area contributed by atoms with E-state index in [1.165, 1.54) is 16.3 Å². The molecule has 0 N–H and O–H groups in total. The lowest BCUT2D eigenvalue weighted by Crippen LogP contribution is -2.39. The van der Waals surface area contributed by atoms with Crippen LogP contribution in [0.3, 0.4) is 0 Å². The SMILES string of the molecule is CC(C)c1csc(C2CCCN(C(=O)CCc3ccncc3)C2)n1. The Kier molecular flexibility index (Phi) is 5.61. The van der Waals surface area contributed by atoms with Gasteiger partial charge in [0.1, 0.15) is 0 Å². The number of carbonyl (C=O) groups excluding carboxylic acids is 1. The van der Waals surface area contributed by atoms with Crippen molar-refractivity contribution in [2.24, 2.45) is 0 Å². The highest BCUT2D eigenvalue weighted by Crippen LogP contribution is 2.31. The number of hydrogen-bond donors (Lipinski definition) is 0. The third-order valence-electron chi connectivity index (χ3n) is 4.63. The molecule has 1 fully saturated rings. The Bertz CT molecular complexity index is 668. The molecule has 128 valence electrons. The van der Waals surface area contributed by atoms with E-state index in [9.17, 15) is 4.79 Å². The molecule has 24 heavy (non-hydrogen) atoms. The number of thiazole rings is 1. The molecule has 1 saturated heterocycles. The second kappa shape index (κ2) is 7.88. The first-order valence-corrected chi connectivity index (χ1v) is 9.63. The summed E-state index contributed by atoms with van der Waals surface area (Å²) < 4.78 is 0. The summed E-state index contributed by atoms with van der Waals surface area (Å²) in [6.45, 7) is 6.05. The molecule has 1 unspecified atom stereocenters. The highest BCUT2D eigenvalue weighted by Gasteiger charge is 2.26. The lowest BCUT2D eigenvalue weighted by atomic mass is 9.98. The highest BCUT2D eigenvalue weighted by molar-refractivity contribution is 7.09. The summed E-state index contributed by atoms with van der Waals surface area (Å²) in [5.74, 6) is 1.13. The maximum absolute atomic E-state index is 12.6. The minimum absolute atomic E-state index is 0.261. The fourth-order valence-corrected chi connectivity index (χ4v) is 4.23. The first-order valence-electron chi connectivity index (χ1n) is 8.75. The quantitative estimate of drug-likeness (QED) is 0.824. The van der Waals surface area contributed by atoms with Crippen molar-refractivity contribution in [2.45, 2.75) is 51.4 Å². The van der Waals surface area contributed by atoms with Crippen LogP contribution in [0.4, 0.5) is 0 Å². The van der Waals surface area contributed by atoms with Crippen LogP contribution in [0.1, 0.15) is 61.2 Å². The van der Waals surface area contributed by atoms with Gasteiger partial charge in [-0.15, -0.1) is 11.3 Å². The Morgan fingerprint density at radius 3 is 2.88 bits per heavy atom. The number of aryl methyl sites for hydroxylation is 1. The molecule has 0 spiro atoms. The van der Waals surface area contributed by atoms with Crippen LogP contribution in [0.25, 0.3) is 0 Å². The van der Waals surface area contributed by atoms with E-state index in [-0.39, 0.29) is 5.91 Å². The summed E-state index contributed by atoms with van der Waals surface area (Å²) in [4.78, 5) is 23.4. The van der Waals surface area contributed by atoms with Gasteiger partial charge in [0.15, 0.2) is 0 Å². The van der Waals surface area contributed by atoms with E-state index in [0.29, 0.717) is 18.3 Å². The number of aromatic nitrogens is 2. The van der Waals surface area contributed by atoms with Gasteiger partial charge in [-0.2, -0.15) is 0 Å².